The zero-order chi connectivity index (χ0) is 17.1. The van der Waals surface area contributed by atoms with Crippen molar-refractivity contribution in [3.8, 4) is 6.07 Å². The number of fused-ring (bicyclic) bond motifs is 2. The SMILES string of the molecule is N#Cc1ccc2c(N)noc2c1.NCc1ccc2c(N)noc2c1. The highest BCUT2D eigenvalue weighted by Crippen LogP contribution is 2.21. The average molecular weight is 322 g/mol. The third-order valence-corrected chi connectivity index (χ3v) is 3.43. The smallest absolute Gasteiger partial charge is 0.174 e. The van der Waals surface area contributed by atoms with Crippen molar-refractivity contribution in [2.45, 2.75) is 6.54 Å². The Kier molecular flexibility index (Phi) is 4.01. The van der Waals surface area contributed by atoms with Crippen LogP contribution >= 0.6 is 0 Å². The molecule has 8 heteroatoms. The van der Waals surface area contributed by atoms with Crippen LogP contribution in [0.3, 0.4) is 0 Å². The van der Waals surface area contributed by atoms with Crippen molar-refractivity contribution >= 4 is 33.6 Å². The highest BCUT2D eigenvalue weighted by Gasteiger charge is 2.04. The molecule has 8 nitrogen and oxygen atoms in total. The zero-order valence-electron chi connectivity index (χ0n) is 12.6. The summed E-state index contributed by atoms with van der Waals surface area (Å²) in [5.74, 6) is 0.781. The third kappa shape index (κ3) is 2.84. The van der Waals surface area contributed by atoms with Crippen LogP contribution in [0.2, 0.25) is 0 Å². The van der Waals surface area contributed by atoms with Gasteiger partial charge < -0.3 is 26.2 Å². The Balaban J connectivity index is 0.000000141. The molecule has 24 heavy (non-hydrogen) atoms. The van der Waals surface area contributed by atoms with Crippen molar-refractivity contribution in [3.63, 3.8) is 0 Å². The number of nitriles is 1. The Bertz CT molecular complexity index is 1040. The molecule has 2 aromatic heterocycles. The van der Waals surface area contributed by atoms with Crippen LogP contribution in [0.15, 0.2) is 45.4 Å². The van der Waals surface area contributed by atoms with E-state index >= 15 is 0 Å². The second kappa shape index (κ2) is 6.28. The Morgan fingerprint density at radius 2 is 1.50 bits per heavy atom. The predicted molar refractivity (Wildman–Crippen MR) is 89.4 cm³/mol. The normalized spacial score (nSPS) is 10.3. The number of nitrogens with two attached hydrogens (primary N) is 3. The molecule has 0 unspecified atom stereocenters. The first kappa shape index (κ1) is 15.3. The Labute approximate surface area is 136 Å². The van der Waals surface area contributed by atoms with Gasteiger partial charge in [0.2, 0.25) is 0 Å². The first-order chi connectivity index (χ1) is 11.6. The second-order valence-corrected chi connectivity index (χ2v) is 4.99. The Morgan fingerprint density at radius 3 is 2.08 bits per heavy atom. The predicted octanol–water partition coefficient (Wildman–Crippen LogP) is 2.15. The number of rotatable bonds is 1. The maximum absolute atomic E-state index is 8.56. The lowest BCUT2D eigenvalue weighted by Crippen LogP contribution is -1.94. The molecule has 0 fully saturated rings. The molecule has 4 aromatic rings. The van der Waals surface area contributed by atoms with Gasteiger partial charge >= 0.3 is 0 Å². The molecule has 0 aliphatic carbocycles. The van der Waals surface area contributed by atoms with E-state index in [2.05, 4.69) is 10.3 Å². The van der Waals surface area contributed by atoms with Crippen molar-refractivity contribution < 1.29 is 9.05 Å². The number of nitrogen functional groups attached to an aromatic ring is 2. The standard InChI is InChI=1S/C8H9N3O.C8H5N3O/c2*9-4-5-1-2-6-7(3-5)12-11-8(6)10/h1-3H,4,9H2,(H2,10,11);1-3H,(H2,10,11). The van der Waals surface area contributed by atoms with E-state index in [1.54, 1.807) is 18.2 Å². The van der Waals surface area contributed by atoms with E-state index in [0.29, 0.717) is 34.9 Å². The Hall–Kier alpha value is -3.57. The molecule has 0 saturated carbocycles. The van der Waals surface area contributed by atoms with Crippen LogP contribution in [-0.4, -0.2) is 10.3 Å². The van der Waals surface area contributed by atoms with Crippen molar-refractivity contribution in [3.05, 3.63) is 47.5 Å². The molecule has 0 bridgehead atoms. The maximum atomic E-state index is 8.56. The van der Waals surface area contributed by atoms with Gasteiger partial charge in [-0.25, -0.2) is 0 Å². The molecule has 2 aromatic carbocycles. The van der Waals surface area contributed by atoms with Crippen LogP contribution in [0.25, 0.3) is 21.9 Å². The van der Waals surface area contributed by atoms with Crippen molar-refractivity contribution in [1.29, 1.82) is 5.26 Å². The molecule has 0 amide bonds. The first-order valence-electron chi connectivity index (χ1n) is 7.01. The second-order valence-electron chi connectivity index (χ2n) is 4.99. The number of anilines is 2. The molecule has 0 radical (unpaired) electrons. The van der Waals surface area contributed by atoms with Crippen LogP contribution in [0.5, 0.6) is 0 Å². The van der Waals surface area contributed by atoms with Crippen LogP contribution in [0, 0.1) is 11.3 Å². The quantitative estimate of drug-likeness (QED) is 0.481. The summed E-state index contributed by atoms with van der Waals surface area (Å²) in [7, 11) is 0. The molecule has 0 aliphatic heterocycles. The zero-order valence-corrected chi connectivity index (χ0v) is 12.6. The van der Waals surface area contributed by atoms with Gasteiger partial charge in [-0.15, -0.1) is 0 Å². The molecular formula is C16H14N6O2. The summed E-state index contributed by atoms with van der Waals surface area (Å²) in [6.45, 7) is 0.497. The molecule has 0 atom stereocenters. The van der Waals surface area contributed by atoms with Gasteiger partial charge in [0.25, 0.3) is 0 Å². The fourth-order valence-corrected chi connectivity index (χ4v) is 2.15. The van der Waals surface area contributed by atoms with E-state index in [4.69, 9.17) is 31.5 Å². The van der Waals surface area contributed by atoms with Gasteiger partial charge in [-0.3, -0.25) is 0 Å². The summed E-state index contributed by atoms with van der Waals surface area (Å²) in [6, 6.07) is 12.6. The number of hydrogen-bond donors (Lipinski definition) is 3. The van der Waals surface area contributed by atoms with Crippen LogP contribution < -0.4 is 17.2 Å². The van der Waals surface area contributed by atoms with E-state index in [-0.39, 0.29) is 0 Å². The average Bonchev–Trinajstić information content (AvgIpc) is 3.18. The fraction of sp³-hybridized carbons (Fsp3) is 0.0625. The summed E-state index contributed by atoms with van der Waals surface area (Å²) in [5.41, 5.74) is 19.3. The molecule has 6 N–H and O–H groups in total. The third-order valence-electron chi connectivity index (χ3n) is 3.43. The van der Waals surface area contributed by atoms with Crippen LogP contribution in [0.1, 0.15) is 11.1 Å². The van der Waals surface area contributed by atoms with E-state index in [9.17, 15) is 0 Å². The highest BCUT2D eigenvalue weighted by atomic mass is 16.5. The lowest BCUT2D eigenvalue weighted by molar-refractivity contribution is 0.460. The van der Waals surface area contributed by atoms with Gasteiger partial charge in [0.15, 0.2) is 22.8 Å². The minimum absolute atomic E-state index is 0.356. The van der Waals surface area contributed by atoms with Gasteiger partial charge in [-0.2, -0.15) is 5.26 Å². The molecule has 0 saturated heterocycles. The molecular weight excluding hydrogens is 308 g/mol. The van der Waals surface area contributed by atoms with Gasteiger partial charge in [-0.05, 0) is 29.8 Å². The summed E-state index contributed by atoms with van der Waals surface area (Å²) < 4.78 is 9.83. The van der Waals surface area contributed by atoms with Gasteiger partial charge in [0.05, 0.1) is 22.4 Å². The molecule has 4 rings (SSSR count). The van der Waals surface area contributed by atoms with Gasteiger partial charge in [0, 0.05) is 12.6 Å². The summed E-state index contributed by atoms with van der Waals surface area (Å²) in [5, 5.41) is 17.3. The maximum Gasteiger partial charge on any atom is 0.174 e. The van der Waals surface area contributed by atoms with E-state index in [1.165, 1.54) is 0 Å². The first-order valence-corrected chi connectivity index (χ1v) is 7.01. The Morgan fingerprint density at radius 1 is 0.917 bits per heavy atom. The summed E-state index contributed by atoms with van der Waals surface area (Å²) in [6.07, 6.45) is 0. The molecule has 0 spiro atoms. The topological polar surface area (TPSA) is 154 Å². The number of benzene rings is 2. The lowest BCUT2D eigenvalue weighted by Gasteiger charge is -1.93. The number of nitrogens with zero attached hydrogens (tertiary/aromatic N) is 3. The van der Waals surface area contributed by atoms with E-state index in [1.807, 2.05) is 24.3 Å². The monoisotopic (exact) mass is 322 g/mol. The molecule has 2 heterocycles. The molecule has 120 valence electrons. The summed E-state index contributed by atoms with van der Waals surface area (Å²) >= 11 is 0. The van der Waals surface area contributed by atoms with Gasteiger partial charge in [-0.1, -0.05) is 16.4 Å². The van der Waals surface area contributed by atoms with Crippen LogP contribution in [0.4, 0.5) is 11.6 Å². The van der Waals surface area contributed by atoms with Crippen molar-refractivity contribution in [1.82, 2.24) is 10.3 Å². The number of aromatic nitrogens is 2. The minimum atomic E-state index is 0.356. The van der Waals surface area contributed by atoms with E-state index < -0.39 is 0 Å². The van der Waals surface area contributed by atoms with E-state index in [0.717, 1.165) is 16.3 Å². The largest absolute Gasteiger partial charge is 0.380 e. The van der Waals surface area contributed by atoms with Crippen molar-refractivity contribution in [2.24, 2.45) is 5.73 Å². The lowest BCUT2D eigenvalue weighted by atomic mass is 10.2. The highest BCUT2D eigenvalue weighted by molar-refractivity contribution is 5.88. The number of hydrogen-bond acceptors (Lipinski definition) is 8. The van der Waals surface area contributed by atoms with Gasteiger partial charge in [0.1, 0.15) is 0 Å². The summed E-state index contributed by atoms with van der Waals surface area (Å²) in [4.78, 5) is 0. The fourth-order valence-electron chi connectivity index (χ4n) is 2.15. The van der Waals surface area contributed by atoms with Crippen molar-refractivity contribution in [2.75, 3.05) is 11.5 Å². The minimum Gasteiger partial charge on any atom is -0.380 e. The molecule has 0 aliphatic rings. The van der Waals surface area contributed by atoms with Crippen LogP contribution in [-0.2, 0) is 6.54 Å².